The van der Waals surface area contributed by atoms with E-state index < -0.39 is 35.4 Å². The summed E-state index contributed by atoms with van der Waals surface area (Å²) in [6.07, 6.45) is -2.16. The third-order valence-corrected chi connectivity index (χ3v) is 3.32. The summed E-state index contributed by atoms with van der Waals surface area (Å²) in [7, 11) is 0. The van der Waals surface area contributed by atoms with Gasteiger partial charge in [0.1, 0.15) is 11.4 Å². The van der Waals surface area contributed by atoms with Crippen molar-refractivity contribution in [2.24, 2.45) is 11.7 Å². The Morgan fingerprint density at radius 1 is 1.40 bits per heavy atom. The zero-order valence-electron chi connectivity index (χ0n) is 10.4. The van der Waals surface area contributed by atoms with E-state index in [9.17, 15) is 18.0 Å². The Hall–Kier alpha value is -2.06. The molecule has 0 saturated heterocycles. The van der Waals surface area contributed by atoms with E-state index in [2.05, 4.69) is 15.3 Å². The molecule has 1 amide bonds. The van der Waals surface area contributed by atoms with Crippen LogP contribution in [0.3, 0.4) is 0 Å². The molecule has 1 aromatic rings. The number of alkyl halides is 3. The van der Waals surface area contributed by atoms with Crippen LogP contribution >= 0.6 is 0 Å². The van der Waals surface area contributed by atoms with Crippen molar-refractivity contribution in [2.45, 2.75) is 31.5 Å². The summed E-state index contributed by atoms with van der Waals surface area (Å²) in [6.45, 7) is 0. The quantitative estimate of drug-likeness (QED) is 0.773. The van der Waals surface area contributed by atoms with Crippen LogP contribution in [0, 0.1) is 5.92 Å². The minimum Gasteiger partial charge on any atom is -0.369 e. The fraction of sp³-hybridized carbons (Fsp3) is 0.545. The molecular formula is C11H14F3N5O. The summed E-state index contributed by atoms with van der Waals surface area (Å²) >= 11 is 0. The van der Waals surface area contributed by atoms with Gasteiger partial charge in [0.05, 0.1) is 5.92 Å². The number of nitrogens with one attached hydrogen (secondary N) is 1. The van der Waals surface area contributed by atoms with Gasteiger partial charge in [-0.1, -0.05) is 6.42 Å². The minimum absolute atomic E-state index is 0.269. The number of nitrogens with zero attached hydrogens (tertiary/aromatic N) is 2. The van der Waals surface area contributed by atoms with Crippen LogP contribution in [0.25, 0.3) is 0 Å². The van der Waals surface area contributed by atoms with Crippen LogP contribution in [-0.4, -0.2) is 21.9 Å². The van der Waals surface area contributed by atoms with Gasteiger partial charge in [-0.25, -0.2) is 4.98 Å². The molecule has 1 aromatic heterocycles. The third-order valence-electron chi connectivity index (χ3n) is 3.32. The van der Waals surface area contributed by atoms with E-state index in [1.165, 1.54) is 0 Å². The van der Waals surface area contributed by atoms with Crippen LogP contribution in [-0.2, 0) is 11.0 Å². The molecule has 2 rings (SSSR count). The molecule has 0 aliphatic heterocycles. The maximum absolute atomic E-state index is 12.9. The molecule has 2 atom stereocenters. The average molecular weight is 289 g/mol. The Kier molecular flexibility index (Phi) is 3.69. The molecule has 1 aliphatic carbocycles. The Morgan fingerprint density at radius 2 is 2.10 bits per heavy atom. The highest BCUT2D eigenvalue weighted by molar-refractivity contribution is 5.78. The van der Waals surface area contributed by atoms with E-state index in [0.29, 0.717) is 25.5 Å². The smallest absolute Gasteiger partial charge is 0.369 e. The van der Waals surface area contributed by atoms with E-state index in [4.69, 9.17) is 11.5 Å². The third kappa shape index (κ3) is 2.91. The van der Waals surface area contributed by atoms with Crippen molar-refractivity contribution >= 4 is 17.7 Å². The number of nitrogens with two attached hydrogens (primary N) is 2. The van der Waals surface area contributed by atoms with Crippen molar-refractivity contribution in [3.05, 3.63) is 11.8 Å². The van der Waals surface area contributed by atoms with E-state index in [0.717, 1.165) is 0 Å². The van der Waals surface area contributed by atoms with Gasteiger partial charge in [0.25, 0.3) is 0 Å². The topological polar surface area (TPSA) is 107 Å². The zero-order chi connectivity index (χ0) is 14.9. The molecular weight excluding hydrogens is 275 g/mol. The SMILES string of the molecule is NC(=O)[C@H]1CCC[C@H]1Nc1nc(N)ncc1C(F)(F)F. The number of halogens is 3. The van der Waals surface area contributed by atoms with Gasteiger partial charge in [0, 0.05) is 12.2 Å². The van der Waals surface area contributed by atoms with Gasteiger partial charge in [-0.3, -0.25) is 4.79 Å². The summed E-state index contributed by atoms with van der Waals surface area (Å²) in [6, 6.07) is -0.470. The molecule has 5 N–H and O–H groups in total. The number of nitrogen functional groups attached to an aromatic ring is 1. The number of carbonyl (C=O) groups is 1. The highest BCUT2D eigenvalue weighted by atomic mass is 19.4. The molecule has 9 heteroatoms. The summed E-state index contributed by atoms with van der Waals surface area (Å²) in [4.78, 5) is 18.2. The van der Waals surface area contributed by atoms with E-state index in [1.807, 2.05) is 0 Å². The van der Waals surface area contributed by atoms with Crippen LogP contribution < -0.4 is 16.8 Å². The second-order valence-corrected chi connectivity index (χ2v) is 4.68. The average Bonchev–Trinajstić information content (AvgIpc) is 2.75. The molecule has 0 bridgehead atoms. The lowest BCUT2D eigenvalue weighted by atomic mass is 10.0. The molecule has 0 spiro atoms. The second kappa shape index (κ2) is 5.14. The molecule has 6 nitrogen and oxygen atoms in total. The fourth-order valence-corrected chi connectivity index (χ4v) is 2.36. The lowest BCUT2D eigenvalue weighted by Crippen LogP contribution is -2.35. The van der Waals surface area contributed by atoms with Crippen molar-refractivity contribution in [1.29, 1.82) is 0 Å². The number of primary amides is 1. The molecule has 0 aromatic carbocycles. The van der Waals surface area contributed by atoms with Crippen LogP contribution in [0.1, 0.15) is 24.8 Å². The molecule has 1 heterocycles. The highest BCUT2D eigenvalue weighted by Gasteiger charge is 2.38. The lowest BCUT2D eigenvalue weighted by molar-refractivity contribution is -0.137. The first-order valence-electron chi connectivity index (χ1n) is 6.04. The first-order valence-corrected chi connectivity index (χ1v) is 6.04. The number of amides is 1. The Labute approximate surface area is 112 Å². The number of hydrogen-bond acceptors (Lipinski definition) is 5. The molecule has 1 fully saturated rings. The normalized spacial score (nSPS) is 22.8. The molecule has 1 saturated carbocycles. The summed E-state index contributed by atoms with van der Waals surface area (Å²) < 4.78 is 38.6. The van der Waals surface area contributed by atoms with Crippen molar-refractivity contribution in [1.82, 2.24) is 9.97 Å². The Morgan fingerprint density at radius 3 is 2.70 bits per heavy atom. The van der Waals surface area contributed by atoms with Crippen LogP contribution in [0.2, 0.25) is 0 Å². The summed E-state index contributed by atoms with van der Waals surface area (Å²) in [5.74, 6) is -1.72. The van der Waals surface area contributed by atoms with Gasteiger partial charge in [0.2, 0.25) is 11.9 Å². The summed E-state index contributed by atoms with van der Waals surface area (Å²) in [5, 5.41) is 2.64. The number of hydrogen-bond donors (Lipinski definition) is 3. The molecule has 1 aliphatic rings. The van der Waals surface area contributed by atoms with E-state index >= 15 is 0 Å². The van der Waals surface area contributed by atoms with Crippen molar-refractivity contribution in [2.75, 3.05) is 11.1 Å². The molecule has 0 unspecified atom stereocenters. The number of rotatable bonds is 3. The Bertz CT molecular complexity index is 519. The van der Waals surface area contributed by atoms with Crippen molar-refractivity contribution < 1.29 is 18.0 Å². The maximum Gasteiger partial charge on any atom is 0.421 e. The predicted octanol–water partition coefficient (Wildman–Crippen LogP) is 1.14. The standard InChI is InChI=1S/C11H14F3N5O/c12-11(13,14)6-4-17-10(16)19-9(6)18-7-3-1-2-5(7)8(15)20/h4-5,7H,1-3H2,(H2,15,20)(H3,16,17,18,19)/t5-,7+/m0/s1. The zero-order valence-corrected chi connectivity index (χ0v) is 10.4. The van der Waals surface area contributed by atoms with Gasteiger partial charge in [0.15, 0.2) is 0 Å². The van der Waals surface area contributed by atoms with Gasteiger partial charge < -0.3 is 16.8 Å². The number of anilines is 2. The Balaban J connectivity index is 2.28. The van der Waals surface area contributed by atoms with Gasteiger partial charge >= 0.3 is 6.18 Å². The first kappa shape index (κ1) is 14.4. The van der Waals surface area contributed by atoms with Gasteiger partial charge in [-0.15, -0.1) is 0 Å². The number of aromatic nitrogens is 2. The minimum atomic E-state index is -4.60. The summed E-state index contributed by atoms with van der Waals surface area (Å²) in [5.41, 5.74) is 9.54. The van der Waals surface area contributed by atoms with Gasteiger partial charge in [-0.05, 0) is 12.8 Å². The molecule has 110 valence electrons. The monoisotopic (exact) mass is 289 g/mol. The number of carbonyl (C=O) groups excluding carboxylic acids is 1. The van der Waals surface area contributed by atoms with Crippen LogP contribution in [0.15, 0.2) is 6.20 Å². The highest BCUT2D eigenvalue weighted by Crippen LogP contribution is 2.36. The van der Waals surface area contributed by atoms with Gasteiger partial charge in [-0.2, -0.15) is 18.2 Å². The van der Waals surface area contributed by atoms with E-state index in [1.54, 1.807) is 0 Å². The second-order valence-electron chi connectivity index (χ2n) is 4.68. The fourth-order valence-electron chi connectivity index (χ4n) is 2.36. The molecule has 20 heavy (non-hydrogen) atoms. The van der Waals surface area contributed by atoms with Crippen molar-refractivity contribution in [3.63, 3.8) is 0 Å². The predicted molar refractivity (Wildman–Crippen MR) is 65.4 cm³/mol. The largest absolute Gasteiger partial charge is 0.421 e. The van der Waals surface area contributed by atoms with Crippen LogP contribution in [0.5, 0.6) is 0 Å². The van der Waals surface area contributed by atoms with E-state index in [-0.39, 0.29) is 5.95 Å². The lowest BCUT2D eigenvalue weighted by Gasteiger charge is -2.21. The van der Waals surface area contributed by atoms with Crippen molar-refractivity contribution in [3.8, 4) is 0 Å². The first-order chi connectivity index (χ1) is 9.29. The molecule has 0 radical (unpaired) electrons. The van der Waals surface area contributed by atoms with Crippen LogP contribution in [0.4, 0.5) is 24.9 Å². The maximum atomic E-state index is 12.9.